The van der Waals surface area contributed by atoms with Crippen LogP contribution in [0.3, 0.4) is 0 Å². The van der Waals surface area contributed by atoms with Gasteiger partial charge in [-0.05, 0) is 12.1 Å². The molecule has 2 aliphatic heterocycles. The smallest absolute Gasteiger partial charge is 0.322 e. The molecule has 3 rings (SSSR count). The second kappa shape index (κ2) is 3.46. The fourth-order valence-electron chi connectivity index (χ4n) is 2.41. The average Bonchev–Trinajstić information content (AvgIpc) is 2.54. The SMILES string of the molecule is O=C1NC(=O)C2(CCNc3cc(Br)ccc32)N1. The average molecular weight is 296 g/mol. The maximum Gasteiger partial charge on any atom is 0.322 e. The summed E-state index contributed by atoms with van der Waals surface area (Å²) in [6.07, 6.45) is 0.555. The molecule has 1 atom stereocenters. The van der Waals surface area contributed by atoms with Crippen LogP contribution in [0.1, 0.15) is 12.0 Å². The van der Waals surface area contributed by atoms with Crippen LogP contribution in [0, 0.1) is 0 Å². The van der Waals surface area contributed by atoms with Crippen LogP contribution in [0.15, 0.2) is 22.7 Å². The zero-order chi connectivity index (χ0) is 12.0. The molecule has 88 valence electrons. The number of nitrogens with one attached hydrogen (secondary N) is 3. The van der Waals surface area contributed by atoms with Crippen molar-refractivity contribution in [2.24, 2.45) is 0 Å². The van der Waals surface area contributed by atoms with Crippen molar-refractivity contribution in [3.63, 3.8) is 0 Å². The predicted octanol–water partition coefficient (Wildman–Crippen LogP) is 1.30. The van der Waals surface area contributed by atoms with Crippen LogP contribution in [0.2, 0.25) is 0 Å². The van der Waals surface area contributed by atoms with Crippen LogP contribution in [0.5, 0.6) is 0 Å². The number of halogens is 1. The lowest BCUT2D eigenvalue weighted by Crippen LogP contribution is -2.47. The van der Waals surface area contributed by atoms with E-state index in [0.29, 0.717) is 13.0 Å². The Hall–Kier alpha value is -1.56. The van der Waals surface area contributed by atoms with Gasteiger partial charge in [-0.2, -0.15) is 0 Å². The summed E-state index contributed by atoms with van der Waals surface area (Å²) < 4.78 is 0.936. The Morgan fingerprint density at radius 1 is 1.29 bits per heavy atom. The van der Waals surface area contributed by atoms with Gasteiger partial charge < -0.3 is 10.6 Å². The molecule has 1 fully saturated rings. The predicted molar refractivity (Wildman–Crippen MR) is 65.6 cm³/mol. The van der Waals surface area contributed by atoms with Crippen LogP contribution >= 0.6 is 15.9 Å². The minimum absolute atomic E-state index is 0.271. The van der Waals surface area contributed by atoms with E-state index in [1.54, 1.807) is 0 Å². The van der Waals surface area contributed by atoms with E-state index >= 15 is 0 Å². The number of fused-ring (bicyclic) bond motifs is 2. The molecule has 1 spiro atoms. The van der Waals surface area contributed by atoms with E-state index in [9.17, 15) is 9.59 Å². The zero-order valence-corrected chi connectivity index (χ0v) is 10.4. The molecular formula is C11H10BrN3O2. The largest absolute Gasteiger partial charge is 0.385 e. The Balaban J connectivity index is 2.17. The highest BCUT2D eigenvalue weighted by Crippen LogP contribution is 2.38. The van der Waals surface area contributed by atoms with Crippen LogP contribution in [0.25, 0.3) is 0 Å². The molecule has 1 aromatic rings. The number of anilines is 1. The Morgan fingerprint density at radius 3 is 2.82 bits per heavy atom. The summed E-state index contributed by atoms with van der Waals surface area (Å²) in [6, 6.07) is 5.21. The van der Waals surface area contributed by atoms with Crippen LogP contribution < -0.4 is 16.0 Å². The van der Waals surface area contributed by atoms with Gasteiger partial charge in [-0.25, -0.2) is 4.79 Å². The molecular weight excluding hydrogens is 286 g/mol. The number of carbonyl (C=O) groups excluding carboxylic acids is 2. The number of hydrogen-bond acceptors (Lipinski definition) is 3. The fraction of sp³-hybridized carbons (Fsp3) is 0.273. The number of hydrogen-bond donors (Lipinski definition) is 3. The zero-order valence-electron chi connectivity index (χ0n) is 8.84. The molecule has 5 nitrogen and oxygen atoms in total. The number of urea groups is 1. The Kier molecular flexibility index (Phi) is 2.16. The van der Waals surface area contributed by atoms with Crippen LogP contribution in [-0.4, -0.2) is 18.5 Å². The molecule has 0 aromatic heterocycles. The van der Waals surface area contributed by atoms with Crippen LogP contribution in [-0.2, 0) is 10.3 Å². The molecule has 6 heteroatoms. The quantitative estimate of drug-likeness (QED) is 0.632. The first-order chi connectivity index (χ1) is 8.12. The molecule has 3 N–H and O–H groups in total. The van der Waals surface area contributed by atoms with E-state index in [4.69, 9.17) is 0 Å². The van der Waals surface area contributed by atoms with Gasteiger partial charge in [0.15, 0.2) is 0 Å². The van der Waals surface area contributed by atoms with Gasteiger partial charge in [0, 0.05) is 28.7 Å². The summed E-state index contributed by atoms with van der Waals surface area (Å²) in [5.41, 5.74) is 0.788. The lowest BCUT2D eigenvalue weighted by atomic mass is 9.83. The van der Waals surface area contributed by atoms with Gasteiger partial charge >= 0.3 is 6.03 Å². The van der Waals surface area contributed by atoms with E-state index in [-0.39, 0.29) is 5.91 Å². The van der Waals surface area contributed by atoms with Crippen molar-refractivity contribution in [3.8, 4) is 0 Å². The van der Waals surface area contributed by atoms with E-state index in [1.165, 1.54) is 0 Å². The van der Waals surface area contributed by atoms with E-state index in [2.05, 4.69) is 31.9 Å². The van der Waals surface area contributed by atoms with Gasteiger partial charge in [0.05, 0.1) is 0 Å². The number of amides is 3. The molecule has 0 bridgehead atoms. The first kappa shape index (κ1) is 10.6. The highest BCUT2D eigenvalue weighted by atomic mass is 79.9. The van der Waals surface area contributed by atoms with Crippen molar-refractivity contribution >= 4 is 33.6 Å². The second-order valence-electron chi connectivity index (χ2n) is 4.18. The number of benzene rings is 1. The summed E-state index contributed by atoms with van der Waals surface area (Å²) >= 11 is 3.39. The topological polar surface area (TPSA) is 70.2 Å². The summed E-state index contributed by atoms with van der Waals surface area (Å²) in [5.74, 6) is -0.271. The maximum atomic E-state index is 12.0. The lowest BCUT2D eigenvalue weighted by molar-refractivity contribution is -0.124. The van der Waals surface area contributed by atoms with Gasteiger partial charge in [-0.15, -0.1) is 0 Å². The highest BCUT2D eigenvalue weighted by Gasteiger charge is 2.49. The van der Waals surface area contributed by atoms with Crippen molar-refractivity contribution in [1.29, 1.82) is 0 Å². The van der Waals surface area contributed by atoms with Gasteiger partial charge in [-0.3, -0.25) is 10.1 Å². The molecule has 3 amide bonds. The molecule has 0 radical (unpaired) electrons. The Labute approximate surface area is 106 Å². The van der Waals surface area contributed by atoms with Crippen molar-refractivity contribution in [1.82, 2.24) is 10.6 Å². The third kappa shape index (κ3) is 1.44. The third-order valence-corrected chi connectivity index (χ3v) is 3.69. The van der Waals surface area contributed by atoms with Gasteiger partial charge in [0.25, 0.3) is 5.91 Å². The standard InChI is InChI=1S/C11H10BrN3O2/c12-6-1-2-7-8(5-6)13-4-3-11(7)9(16)14-10(17)15-11/h1-2,5,13H,3-4H2,(H2,14,15,16,17). The first-order valence-electron chi connectivity index (χ1n) is 5.29. The summed E-state index contributed by atoms with van der Waals surface area (Å²) in [6.45, 7) is 0.650. The summed E-state index contributed by atoms with van der Waals surface area (Å²) in [5, 5.41) is 8.27. The van der Waals surface area contributed by atoms with Crippen molar-refractivity contribution in [3.05, 3.63) is 28.2 Å². The summed E-state index contributed by atoms with van der Waals surface area (Å²) in [4.78, 5) is 23.3. The van der Waals surface area contributed by atoms with Gasteiger partial charge in [-0.1, -0.05) is 22.0 Å². The van der Waals surface area contributed by atoms with Crippen molar-refractivity contribution in [2.45, 2.75) is 12.0 Å². The molecule has 2 aliphatic rings. The van der Waals surface area contributed by atoms with E-state index < -0.39 is 11.6 Å². The normalized spacial score (nSPS) is 26.2. The minimum atomic E-state index is -0.904. The number of carbonyl (C=O) groups is 2. The molecule has 2 heterocycles. The molecule has 1 unspecified atom stereocenters. The number of rotatable bonds is 0. The number of imide groups is 1. The molecule has 1 saturated heterocycles. The molecule has 17 heavy (non-hydrogen) atoms. The molecule has 1 aromatic carbocycles. The fourth-order valence-corrected chi connectivity index (χ4v) is 2.77. The second-order valence-corrected chi connectivity index (χ2v) is 5.10. The maximum absolute atomic E-state index is 12.0. The monoisotopic (exact) mass is 295 g/mol. The lowest BCUT2D eigenvalue weighted by Gasteiger charge is -2.33. The van der Waals surface area contributed by atoms with Gasteiger partial charge in [0.1, 0.15) is 5.54 Å². The van der Waals surface area contributed by atoms with Gasteiger partial charge in [0.2, 0.25) is 0 Å². The third-order valence-electron chi connectivity index (χ3n) is 3.20. The highest BCUT2D eigenvalue weighted by molar-refractivity contribution is 9.10. The van der Waals surface area contributed by atoms with Crippen LogP contribution in [0.4, 0.5) is 10.5 Å². The first-order valence-corrected chi connectivity index (χ1v) is 6.09. The van der Waals surface area contributed by atoms with E-state index in [0.717, 1.165) is 15.7 Å². The van der Waals surface area contributed by atoms with Crippen molar-refractivity contribution in [2.75, 3.05) is 11.9 Å². The Morgan fingerprint density at radius 2 is 2.12 bits per heavy atom. The minimum Gasteiger partial charge on any atom is -0.385 e. The molecule has 0 aliphatic carbocycles. The van der Waals surface area contributed by atoms with E-state index in [1.807, 2.05) is 18.2 Å². The van der Waals surface area contributed by atoms with Crippen molar-refractivity contribution < 1.29 is 9.59 Å². The Bertz CT molecular complexity index is 531. The summed E-state index contributed by atoms with van der Waals surface area (Å²) in [7, 11) is 0. The molecule has 0 saturated carbocycles.